The molecule has 0 saturated carbocycles. The number of fused-ring (bicyclic) bond motifs is 1. The van der Waals surface area contributed by atoms with E-state index in [1.54, 1.807) is 10.6 Å². The number of aromatic nitrogens is 2. The van der Waals surface area contributed by atoms with Crippen molar-refractivity contribution < 1.29 is 4.79 Å². The van der Waals surface area contributed by atoms with Crippen LogP contribution in [-0.2, 0) is 4.79 Å². The van der Waals surface area contributed by atoms with E-state index in [1.165, 1.54) is 23.0 Å². The summed E-state index contributed by atoms with van der Waals surface area (Å²) in [6.45, 7) is 5.08. The summed E-state index contributed by atoms with van der Waals surface area (Å²) < 4.78 is 1.61. The molecule has 1 aliphatic rings. The molecule has 1 aliphatic heterocycles. The fraction of sp³-hybridized carbons (Fsp3) is 0.222. The number of hydrogen-bond acceptors (Lipinski definition) is 5. The molecule has 0 atom stereocenters. The summed E-state index contributed by atoms with van der Waals surface area (Å²) in [7, 11) is 0. The Morgan fingerprint density at radius 3 is 2.35 bits per heavy atom. The van der Waals surface area contributed by atoms with Crippen LogP contribution >= 0.6 is 11.8 Å². The van der Waals surface area contributed by atoms with Gasteiger partial charge in [0.1, 0.15) is 0 Å². The highest BCUT2D eigenvalue weighted by Crippen LogP contribution is 2.23. The Labute approximate surface area is 202 Å². The number of nitrogens with zero attached hydrogens (tertiary/aromatic N) is 4. The zero-order valence-electron chi connectivity index (χ0n) is 19.1. The maximum atomic E-state index is 13.3. The second-order valence-corrected chi connectivity index (χ2v) is 9.33. The Kier molecular flexibility index (Phi) is 6.36. The van der Waals surface area contributed by atoms with Gasteiger partial charge in [0.15, 0.2) is 5.16 Å². The van der Waals surface area contributed by atoms with Gasteiger partial charge in [0.05, 0.1) is 22.3 Å². The molecular formula is C27H26N4O2S. The van der Waals surface area contributed by atoms with Crippen LogP contribution in [0.1, 0.15) is 5.56 Å². The van der Waals surface area contributed by atoms with Gasteiger partial charge in [-0.05, 0) is 48.9 Å². The molecule has 5 rings (SSSR count). The van der Waals surface area contributed by atoms with Gasteiger partial charge in [-0.2, -0.15) is 0 Å². The van der Waals surface area contributed by atoms with Crippen molar-refractivity contribution >= 4 is 34.3 Å². The van der Waals surface area contributed by atoms with Crippen molar-refractivity contribution in [1.82, 2.24) is 14.5 Å². The average Bonchev–Trinajstić information content (AvgIpc) is 2.88. The van der Waals surface area contributed by atoms with Crippen LogP contribution in [0.4, 0.5) is 5.69 Å². The van der Waals surface area contributed by atoms with Gasteiger partial charge in [-0.3, -0.25) is 14.2 Å². The van der Waals surface area contributed by atoms with E-state index in [-0.39, 0.29) is 17.2 Å². The molecule has 0 N–H and O–H groups in total. The highest BCUT2D eigenvalue weighted by molar-refractivity contribution is 7.99. The number of anilines is 1. The molecule has 0 unspecified atom stereocenters. The van der Waals surface area contributed by atoms with Gasteiger partial charge < -0.3 is 9.80 Å². The number of thioether (sulfide) groups is 1. The van der Waals surface area contributed by atoms with Crippen LogP contribution < -0.4 is 10.5 Å². The Balaban J connectivity index is 1.32. The predicted octanol–water partition coefficient (Wildman–Crippen LogP) is 4.14. The topological polar surface area (TPSA) is 58.4 Å². The van der Waals surface area contributed by atoms with Crippen LogP contribution in [0.3, 0.4) is 0 Å². The Hall–Kier alpha value is -3.58. The van der Waals surface area contributed by atoms with E-state index in [9.17, 15) is 9.59 Å². The first-order chi connectivity index (χ1) is 16.6. The molecule has 172 valence electrons. The normalized spacial score (nSPS) is 13.9. The summed E-state index contributed by atoms with van der Waals surface area (Å²) in [5.74, 6) is 0.304. The first kappa shape index (κ1) is 22.2. The molecule has 1 saturated heterocycles. The minimum atomic E-state index is -0.126. The fourth-order valence-corrected chi connectivity index (χ4v) is 5.19. The number of para-hydroxylation sites is 2. The van der Waals surface area contributed by atoms with E-state index in [4.69, 9.17) is 4.98 Å². The molecule has 0 aliphatic carbocycles. The van der Waals surface area contributed by atoms with Gasteiger partial charge in [-0.25, -0.2) is 4.98 Å². The maximum Gasteiger partial charge on any atom is 0.266 e. The molecule has 4 aromatic rings. The molecular weight excluding hydrogens is 444 g/mol. The number of amides is 1. The third kappa shape index (κ3) is 4.56. The highest BCUT2D eigenvalue weighted by atomic mass is 32.2. The number of rotatable bonds is 5. The second kappa shape index (κ2) is 9.73. The lowest BCUT2D eigenvalue weighted by molar-refractivity contribution is -0.128. The lowest BCUT2D eigenvalue weighted by atomic mass is 10.2. The third-order valence-electron chi connectivity index (χ3n) is 6.08. The average molecular weight is 471 g/mol. The van der Waals surface area contributed by atoms with Gasteiger partial charge in [0.25, 0.3) is 5.56 Å². The van der Waals surface area contributed by atoms with E-state index in [1.807, 2.05) is 53.4 Å². The Morgan fingerprint density at radius 2 is 1.59 bits per heavy atom. The van der Waals surface area contributed by atoms with E-state index in [0.29, 0.717) is 29.1 Å². The first-order valence-electron chi connectivity index (χ1n) is 11.4. The molecule has 34 heavy (non-hydrogen) atoms. The number of carbonyl (C=O) groups excluding carboxylic acids is 1. The standard InChI is InChI=1S/C27H26N4O2S/c1-20-8-7-11-22(18-20)29-14-16-30(17-15-29)25(32)19-34-27-28-24-13-6-5-12-23(24)26(33)31(27)21-9-3-2-4-10-21/h2-13,18H,14-17,19H2,1H3. The summed E-state index contributed by atoms with van der Waals surface area (Å²) in [6.07, 6.45) is 0. The van der Waals surface area contributed by atoms with Crippen LogP contribution in [0.2, 0.25) is 0 Å². The molecule has 1 aromatic heterocycles. The van der Waals surface area contributed by atoms with Crippen molar-refractivity contribution in [3.05, 3.63) is 94.8 Å². The number of aryl methyl sites for hydroxylation is 1. The molecule has 0 spiro atoms. The van der Waals surface area contributed by atoms with E-state index < -0.39 is 0 Å². The largest absolute Gasteiger partial charge is 0.368 e. The molecule has 1 amide bonds. The minimum absolute atomic E-state index is 0.0657. The predicted molar refractivity (Wildman–Crippen MR) is 138 cm³/mol. The number of piperazine rings is 1. The molecule has 6 nitrogen and oxygen atoms in total. The van der Waals surface area contributed by atoms with Crippen molar-refractivity contribution in [2.45, 2.75) is 12.1 Å². The SMILES string of the molecule is Cc1cccc(N2CCN(C(=O)CSc3nc4ccccc4c(=O)n3-c3ccccc3)CC2)c1. The monoisotopic (exact) mass is 470 g/mol. The molecule has 0 radical (unpaired) electrons. The van der Waals surface area contributed by atoms with Crippen molar-refractivity contribution in [3.63, 3.8) is 0 Å². The van der Waals surface area contributed by atoms with E-state index >= 15 is 0 Å². The lowest BCUT2D eigenvalue weighted by Crippen LogP contribution is -2.49. The van der Waals surface area contributed by atoms with Crippen molar-refractivity contribution in [2.75, 3.05) is 36.8 Å². The number of benzene rings is 3. The van der Waals surface area contributed by atoms with Gasteiger partial charge in [0, 0.05) is 31.9 Å². The Morgan fingerprint density at radius 1 is 0.882 bits per heavy atom. The molecule has 3 aromatic carbocycles. The minimum Gasteiger partial charge on any atom is -0.368 e. The quantitative estimate of drug-likeness (QED) is 0.324. The summed E-state index contributed by atoms with van der Waals surface area (Å²) in [4.78, 5) is 35.3. The van der Waals surface area contributed by atoms with Crippen LogP contribution in [0, 0.1) is 6.92 Å². The third-order valence-corrected chi connectivity index (χ3v) is 7.01. The van der Waals surface area contributed by atoms with Gasteiger partial charge in [-0.1, -0.05) is 54.2 Å². The molecule has 7 heteroatoms. The second-order valence-electron chi connectivity index (χ2n) is 8.38. The van der Waals surface area contributed by atoms with Gasteiger partial charge >= 0.3 is 0 Å². The van der Waals surface area contributed by atoms with Crippen LogP contribution in [0.25, 0.3) is 16.6 Å². The molecule has 0 bridgehead atoms. The van der Waals surface area contributed by atoms with Crippen molar-refractivity contribution in [3.8, 4) is 5.69 Å². The summed E-state index contributed by atoms with van der Waals surface area (Å²) in [6, 6.07) is 25.3. The molecule has 2 heterocycles. The maximum absolute atomic E-state index is 13.3. The lowest BCUT2D eigenvalue weighted by Gasteiger charge is -2.36. The number of carbonyl (C=O) groups is 1. The zero-order chi connectivity index (χ0) is 23.5. The summed E-state index contributed by atoms with van der Waals surface area (Å²) in [5.41, 5.74) is 3.70. The van der Waals surface area contributed by atoms with Gasteiger partial charge in [0.2, 0.25) is 5.91 Å². The Bertz CT molecular complexity index is 1380. The van der Waals surface area contributed by atoms with Gasteiger partial charge in [-0.15, -0.1) is 0 Å². The van der Waals surface area contributed by atoms with Crippen molar-refractivity contribution in [2.24, 2.45) is 0 Å². The smallest absolute Gasteiger partial charge is 0.266 e. The van der Waals surface area contributed by atoms with Crippen LogP contribution in [0.5, 0.6) is 0 Å². The first-order valence-corrected chi connectivity index (χ1v) is 12.4. The summed E-state index contributed by atoms with van der Waals surface area (Å²) >= 11 is 1.32. The van der Waals surface area contributed by atoms with Crippen LogP contribution in [0.15, 0.2) is 88.8 Å². The fourth-order valence-electron chi connectivity index (χ4n) is 4.27. The van der Waals surface area contributed by atoms with Crippen LogP contribution in [-0.4, -0.2) is 52.3 Å². The highest BCUT2D eigenvalue weighted by Gasteiger charge is 2.22. The van der Waals surface area contributed by atoms with E-state index in [0.717, 1.165) is 18.8 Å². The van der Waals surface area contributed by atoms with E-state index in [2.05, 4.69) is 36.1 Å². The number of hydrogen-bond donors (Lipinski definition) is 0. The summed E-state index contributed by atoms with van der Waals surface area (Å²) in [5, 5.41) is 1.09. The van der Waals surface area contributed by atoms with Crippen molar-refractivity contribution in [1.29, 1.82) is 0 Å². The molecule has 1 fully saturated rings. The zero-order valence-corrected chi connectivity index (χ0v) is 19.9.